The predicted octanol–water partition coefficient (Wildman–Crippen LogP) is 2.00. The summed E-state index contributed by atoms with van der Waals surface area (Å²) >= 11 is 0. The summed E-state index contributed by atoms with van der Waals surface area (Å²) < 4.78 is 11.3. The van der Waals surface area contributed by atoms with Crippen LogP contribution in [0.4, 0.5) is 0 Å². The summed E-state index contributed by atoms with van der Waals surface area (Å²) in [6.07, 6.45) is 2.67. The van der Waals surface area contributed by atoms with Gasteiger partial charge in [0.1, 0.15) is 12.4 Å². The van der Waals surface area contributed by atoms with Crippen molar-refractivity contribution in [2.75, 3.05) is 47.0 Å². The Morgan fingerprint density at radius 1 is 1.27 bits per heavy atom. The average Bonchev–Trinajstić information content (AvgIpc) is 3.36. The highest BCUT2D eigenvalue weighted by Crippen LogP contribution is 2.28. The first-order valence-electron chi connectivity index (χ1n) is 7.97. The van der Waals surface area contributed by atoms with Gasteiger partial charge >= 0.3 is 0 Å². The largest absolute Gasteiger partial charge is 0.492 e. The zero-order chi connectivity index (χ0) is 15.6. The molecule has 0 amide bonds. The quantitative estimate of drug-likeness (QED) is 0.431. The molecule has 1 aromatic rings. The van der Waals surface area contributed by atoms with Crippen molar-refractivity contribution in [1.82, 2.24) is 10.2 Å². The molecule has 1 N–H and O–H groups in total. The number of hydrogen-bond acceptors (Lipinski definition) is 3. The van der Waals surface area contributed by atoms with Gasteiger partial charge < -0.3 is 19.7 Å². The van der Waals surface area contributed by atoms with Crippen LogP contribution >= 0.6 is 0 Å². The molecule has 1 aromatic carbocycles. The van der Waals surface area contributed by atoms with Crippen LogP contribution in [0, 0.1) is 5.92 Å². The van der Waals surface area contributed by atoms with Crippen LogP contribution in [0.5, 0.6) is 5.75 Å². The Hall–Kier alpha value is -1.75. The predicted molar refractivity (Wildman–Crippen MR) is 89.5 cm³/mol. The van der Waals surface area contributed by atoms with Gasteiger partial charge in [-0.15, -0.1) is 0 Å². The maximum absolute atomic E-state index is 5.70. The Morgan fingerprint density at radius 3 is 2.73 bits per heavy atom. The van der Waals surface area contributed by atoms with Crippen LogP contribution in [0.15, 0.2) is 35.3 Å². The zero-order valence-electron chi connectivity index (χ0n) is 13.6. The monoisotopic (exact) mass is 305 g/mol. The lowest BCUT2D eigenvalue weighted by Crippen LogP contribution is -2.42. The van der Waals surface area contributed by atoms with Gasteiger partial charge in [0.2, 0.25) is 0 Å². The van der Waals surface area contributed by atoms with Gasteiger partial charge in [-0.2, -0.15) is 0 Å². The number of nitrogens with zero attached hydrogens (tertiary/aromatic N) is 2. The van der Waals surface area contributed by atoms with Crippen molar-refractivity contribution in [2.24, 2.45) is 10.9 Å². The number of benzene rings is 1. The molecule has 122 valence electrons. The number of aliphatic imine (C=N–C) groups is 1. The molecule has 1 aliphatic rings. The van der Waals surface area contributed by atoms with E-state index in [9.17, 15) is 0 Å². The standard InChI is InChI=1S/C17H27N3O2/c1-18-17(19-10-12-21-14-15-8-9-15)20(2)11-13-22-16-6-4-3-5-7-16/h3-7,15H,8-14H2,1-2H3,(H,18,19). The number of likely N-dealkylation sites (N-methyl/N-ethyl adjacent to an activating group) is 1. The topological polar surface area (TPSA) is 46.1 Å². The normalized spacial score (nSPS) is 14.7. The highest BCUT2D eigenvalue weighted by Gasteiger charge is 2.20. The summed E-state index contributed by atoms with van der Waals surface area (Å²) in [5, 5.41) is 3.31. The Kier molecular flexibility index (Phi) is 7.03. The minimum atomic E-state index is 0.624. The fourth-order valence-electron chi connectivity index (χ4n) is 2.08. The van der Waals surface area contributed by atoms with E-state index in [1.807, 2.05) is 37.4 Å². The van der Waals surface area contributed by atoms with Gasteiger partial charge in [-0.1, -0.05) is 18.2 Å². The van der Waals surface area contributed by atoms with E-state index >= 15 is 0 Å². The molecule has 0 aromatic heterocycles. The van der Waals surface area contributed by atoms with E-state index in [0.29, 0.717) is 6.61 Å². The summed E-state index contributed by atoms with van der Waals surface area (Å²) in [5.41, 5.74) is 0. The molecule has 0 spiro atoms. The number of guanidine groups is 1. The van der Waals surface area contributed by atoms with E-state index in [2.05, 4.69) is 15.2 Å². The molecule has 1 aliphatic carbocycles. The Balaban J connectivity index is 1.57. The molecule has 0 saturated heterocycles. The Morgan fingerprint density at radius 2 is 2.05 bits per heavy atom. The summed E-state index contributed by atoms with van der Waals surface area (Å²) in [6.45, 7) is 3.81. The first-order valence-corrected chi connectivity index (χ1v) is 7.97. The lowest BCUT2D eigenvalue weighted by atomic mass is 10.3. The number of nitrogens with one attached hydrogen (secondary N) is 1. The van der Waals surface area contributed by atoms with Crippen LogP contribution in [0.1, 0.15) is 12.8 Å². The van der Waals surface area contributed by atoms with Gasteiger partial charge in [-0.05, 0) is 30.9 Å². The third-order valence-corrected chi connectivity index (χ3v) is 3.59. The molecule has 0 aliphatic heterocycles. The fraction of sp³-hybridized carbons (Fsp3) is 0.588. The Labute approximate surface area is 133 Å². The molecule has 1 saturated carbocycles. The second-order valence-electron chi connectivity index (χ2n) is 5.58. The van der Waals surface area contributed by atoms with Crippen LogP contribution in [0.2, 0.25) is 0 Å². The van der Waals surface area contributed by atoms with E-state index in [4.69, 9.17) is 9.47 Å². The fourth-order valence-corrected chi connectivity index (χ4v) is 2.08. The van der Waals surface area contributed by atoms with Crippen LogP contribution < -0.4 is 10.1 Å². The molecule has 5 heteroatoms. The lowest BCUT2D eigenvalue weighted by Gasteiger charge is -2.22. The van der Waals surface area contributed by atoms with Crippen molar-refractivity contribution in [1.29, 1.82) is 0 Å². The summed E-state index contributed by atoms with van der Waals surface area (Å²) in [6, 6.07) is 9.85. The molecule has 0 bridgehead atoms. The third kappa shape index (κ3) is 6.35. The highest BCUT2D eigenvalue weighted by molar-refractivity contribution is 5.79. The average molecular weight is 305 g/mol. The van der Waals surface area contributed by atoms with Crippen LogP contribution in [0.3, 0.4) is 0 Å². The molecular formula is C17H27N3O2. The van der Waals surface area contributed by atoms with Gasteiger partial charge in [0.05, 0.1) is 13.2 Å². The summed E-state index contributed by atoms with van der Waals surface area (Å²) in [7, 11) is 3.80. The molecule has 5 nitrogen and oxygen atoms in total. The van der Waals surface area contributed by atoms with Gasteiger partial charge in [0.25, 0.3) is 0 Å². The SMILES string of the molecule is CN=C(NCCOCC1CC1)N(C)CCOc1ccccc1. The lowest BCUT2D eigenvalue weighted by molar-refractivity contribution is 0.128. The van der Waals surface area contributed by atoms with E-state index < -0.39 is 0 Å². The molecule has 2 rings (SSSR count). The van der Waals surface area contributed by atoms with Gasteiger partial charge in [-0.3, -0.25) is 4.99 Å². The number of rotatable bonds is 9. The molecule has 0 unspecified atom stereocenters. The van der Waals surface area contributed by atoms with Gasteiger partial charge in [0.15, 0.2) is 5.96 Å². The third-order valence-electron chi connectivity index (χ3n) is 3.59. The maximum Gasteiger partial charge on any atom is 0.193 e. The zero-order valence-corrected chi connectivity index (χ0v) is 13.6. The molecular weight excluding hydrogens is 278 g/mol. The number of ether oxygens (including phenoxy) is 2. The molecule has 22 heavy (non-hydrogen) atoms. The van der Waals surface area contributed by atoms with Gasteiger partial charge in [-0.25, -0.2) is 0 Å². The maximum atomic E-state index is 5.70. The van der Waals surface area contributed by atoms with Crippen LogP contribution in [-0.4, -0.2) is 57.9 Å². The highest BCUT2D eigenvalue weighted by atomic mass is 16.5. The summed E-state index contributed by atoms with van der Waals surface area (Å²) in [4.78, 5) is 6.34. The number of para-hydroxylation sites is 1. The Bertz CT molecular complexity index is 446. The molecule has 0 radical (unpaired) electrons. The molecule has 0 heterocycles. The number of hydrogen-bond donors (Lipinski definition) is 1. The van der Waals surface area contributed by atoms with Crippen molar-refractivity contribution in [2.45, 2.75) is 12.8 Å². The van der Waals surface area contributed by atoms with Crippen molar-refractivity contribution < 1.29 is 9.47 Å². The van der Waals surface area contributed by atoms with Crippen molar-refractivity contribution in [3.8, 4) is 5.75 Å². The second kappa shape index (κ2) is 9.30. The first kappa shape index (κ1) is 16.6. The van der Waals surface area contributed by atoms with Gasteiger partial charge in [0, 0.05) is 27.2 Å². The van der Waals surface area contributed by atoms with E-state index in [1.54, 1.807) is 7.05 Å². The second-order valence-corrected chi connectivity index (χ2v) is 5.58. The first-order chi connectivity index (χ1) is 10.8. The van der Waals surface area contributed by atoms with Crippen molar-refractivity contribution >= 4 is 5.96 Å². The van der Waals surface area contributed by atoms with Crippen LogP contribution in [0.25, 0.3) is 0 Å². The van der Waals surface area contributed by atoms with Crippen molar-refractivity contribution in [3.63, 3.8) is 0 Å². The van der Waals surface area contributed by atoms with E-state index in [-0.39, 0.29) is 0 Å². The van der Waals surface area contributed by atoms with Crippen LogP contribution in [-0.2, 0) is 4.74 Å². The van der Waals surface area contributed by atoms with E-state index in [0.717, 1.165) is 43.9 Å². The smallest absolute Gasteiger partial charge is 0.193 e. The molecule has 1 fully saturated rings. The minimum absolute atomic E-state index is 0.624. The van der Waals surface area contributed by atoms with Crippen molar-refractivity contribution in [3.05, 3.63) is 30.3 Å². The minimum Gasteiger partial charge on any atom is -0.492 e. The molecule has 0 atom stereocenters. The van der Waals surface area contributed by atoms with E-state index in [1.165, 1.54) is 12.8 Å². The summed E-state index contributed by atoms with van der Waals surface area (Å²) in [5.74, 6) is 2.58.